The van der Waals surface area contributed by atoms with Crippen LogP contribution in [-0.4, -0.2) is 77.2 Å². The van der Waals surface area contributed by atoms with Crippen LogP contribution in [0.15, 0.2) is 71.6 Å². The van der Waals surface area contributed by atoms with E-state index >= 15 is 0 Å². The predicted octanol–water partition coefficient (Wildman–Crippen LogP) is 4.48. The van der Waals surface area contributed by atoms with Gasteiger partial charge in [0.2, 0.25) is 0 Å². The molecule has 224 valence electrons. The molecule has 1 saturated heterocycles. The molecule has 0 atom stereocenters. The highest BCUT2D eigenvalue weighted by molar-refractivity contribution is 7.92. The molecule has 42 heavy (non-hydrogen) atoms. The molecule has 2 heterocycles. The summed E-state index contributed by atoms with van der Waals surface area (Å²) in [6.07, 6.45) is 0. The van der Waals surface area contributed by atoms with Gasteiger partial charge in [-0.1, -0.05) is 29.5 Å². The third-order valence-electron chi connectivity index (χ3n) is 6.81. The normalized spacial score (nSPS) is 13.8. The molecule has 13 heteroatoms. The van der Waals surface area contributed by atoms with E-state index < -0.39 is 10.0 Å². The first-order valence-electron chi connectivity index (χ1n) is 13.4. The molecule has 0 spiro atoms. The number of piperazine rings is 1. The molecule has 1 amide bonds. The Kier molecular flexibility index (Phi) is 10.5. The second-order valence-electron chi connectivity index (χ2n) is 9.44. The first-order valence-corrected chi connectivity index (χ1v) is 15.7. The van der Waals surface area contributed by atoms with Crippen molar-refractivity contribution in [2.45, 2.75) is 11.8 Å². The van der Waals surface area contributed by atoms with Gasteiger partial charge < -0.3 is 19.7 Å². The summed E-state index contributed by atoms with van der Waals surface area (Å²) in [5.74, 6) is 1.03. The van der Waals surface area contributed by atoms with E-state index in [0.717, 1.165) is 47.3 Å². The Bertz CT molecular complexity index is 1610. The van der Waals surface area contributed by atoms with Crippen LogP contribution < -0.4 is 24.4 Å². The number of fused-ring (bicyclic) bond motifs is 1. The van der Waals surface area contributed by atoms with Gasteiger partial charge in [-0.2, -0.15) is 0 Å². The van der Waals surface area contributed by atoms with Crippen molar-refractivity contribution >= 4 is 60.7 Å². The maximum absolute atomic E-state index is 13.0. The van der Waals surface area contributed by atoms with E-state index in [4.69, 9.17) is 14.5 Å². The largest absolute Gasteiger partial charge is 0.497 e. The van der Waals surface area contributed by atoms with Crippen molar-refractivity contribution in [2.24, 2.45) is 0 Å². The molecule has 3 aromatic carbocycles. The van der Waals surface area contributed by atoms with Gasteiger partial charge in [0.1, 0.15) is 17.0 Å². The van der Waals surface area contributed by atoms with Gasteiger partial charge in [0.15, 0.2) is 5.13 Å². The summed E-state index contributed by atoms with van der Waals surface area (Å²) in [6.45, 7) is 7.08. The number of hydrogen-bond donors (Lipinski definition) is 2. The van der Waals surface area contributed by atoms with Crippen molar-refractivity contribution in [3.63, 3.8) is 0 Å². The molecule has 0 unspecified atom stereocenters. The van der Waals surface area contributed by atoms with Gasteiger partial charge in [-0.3, -0.25) is 14.4 Å². The third-order valence-corrected chi connectivity index (χ3v) is 9.28. The zero-order valence-electron chi connectivity index (χ0n) is 23.4. The third kappa shape index (κ3) is 7.24. The van der Waals surface area contributed by atoms with Gasteiger partial charge in [-0.05, 0) is 55.5 Å². The van der Waals surface area contributed by atoms with Crippen molar-refractivity contribution in [1.82, 2.24) is 15.2 Å². The smallest absolute Gasteiger partial charge is 0.261 e. The molecular weight excluding hydrogens is 598 g/mol. The number of thiazole rings is 1. The lowest BCUT2D eigenvalue weighted by Gasteiger charge is -2.34. The van der Waals surface area contributed by atoms with Crippen LogP contribution in [0.3, 0.4) is 0 Å². The van der Waals surface area contributed by atoms with Crippen LogP contribution in [0.1, 0.15) is 17.3 Å². The SMILES string of the molecule is CCOc1cccc2sc(N3CCN(CCNC(=O)c4ccccc4NS(=O)(=O)c4ccc(OC)cc4)CC3)nc12.Cl. The number of methoxy groups -OCH3 is 1. The van der Waals surface area contributed by atoms with Crippen LogP contribution in [0.4, 0.5) is 10.8 Å². The first kappa shape index (κ1) is 31.4. The minimum atomic E-state index is -3.88. The molecular formula is C29H34ClN5O5S2. The Morgan fingerprint density at radius 3 is 2.45 bits per heavy atom. The fourth-order valence-electron chi connectivity index (χ4n) is 4.63. The highest BCUT2D eigenvalue weighted by atomic mass is 35.5. The number of ether oxygens (including phenoxy) is 2. The molecule has 1 aliphatic rings. The maximum atomic E-state index is 13.0. The fraction of sp³-hybridized carbons (Fsp3) is 0.310. The van der Waals surface area contributed by atoms with E-state index in [1.807, 2.05) is 19.1 Å². The van der Waals surface area contributed by atoms with Gasteiger partial charge in [0.25, 0.3) is 15.9 Å². The van der Waals surface area contributed by atoms with Crippen molar-refractivity contribution in [3.05, 3.63) is 72.3 Å². The quantitative estimate of drug-likeness (QED) is 0.249. The zero-order valence-corrected chi connectivity index (χ0v) is 25.9. The van der Waals surface area contributed by atoms with Gasteiger partial charge in [0, 0.05) is 39.3 Å². The number of benzene rings is 3. The number of sulfonamides is 1. The minimum Gasteiger partial charge on any atom is -0.497 e. The molecule has 0 aliphatic carbocycles. The summed E-state index contributed by atoms with van der Waals surface area (Å²) in [7, 11) is -2.37. The fourth-order valence-corrected chi connectivity index (χ4v) is 6.75. The monoisotopic (exact) mass is 631 g/mol. The van der Waals surface area contributed by atoms with E-state index in [9.17, 15) is 13.2 Å². The summed E-state index contributed by atoms with van der Waals surface area (Å²) in [5, 5.41) is 3.93. The van der Waals surface area contributed by atoms with Gasteiger partial charge in [-0.15, -0.1) is 12.4 Å². The maximum Gasteiger partial charge on any atom is 0.261 e. The molecule has 0 saturated carbocycles. The average molecular weight is 632 g/mol. The van der Waals surface area contributed by atoms with Gasteiger partial charge in [0.05, 0.1) is 34.6 Å². The molecule has 4 aromatic rings. The predicted molar refractivity (Wildman–Crippen MR) is 169 cm³/mol. The van der Waals surface area contributed by atoms with Gasteiger partial charge in [-0.25, -0.2) is 13.4 Å². The zero-order chi connectivity index (χ0) is 28.8. The molecule has 1 aromatic heterocycles. The number of nitrogens with zero attached hydrogens (tertiary/aromatic N) is 3. The number of amides is 1. The van der Waals surface area contributed by atoms with Crippen LogP contribution in [0, 0.1) is 0 Å². The lowest BCUT2D eigenvalue weighted by Crippen LogP contribution is -2.48. The Morgan fingerprint density at radius 1 is 1.00 bits per heavy atom. The Labute approximate surface area is 256 Å². The molecule has 1 fully saturated rings. The molecule has 0 bridgehead atoms. The number of nitrogens with one attached hydrogen (secondary N) is 2. The Balaban J connectivity index is 0.00000405. The lowest BCUT2D eigenvalue weighted by molar-refractivity contribution is 0.0948. The lowest BCUT2D eigenvalue weighted by atomic mass is 10.1. The van der Waals surface area contributed by atoms with Crippen molar-refractivity contribution in [3.8, 4) is 11.5 Å². The van der Waals surface area contributed by atoms with Crippen LogP contribution in [0.25, 0.3) is 10.2 Å². The summed E-state index contributed by atoms with van der Waals surface area (Å²) >= 11 is 1.67. The minimum absolute atomic E-state index is 0. The van der Waals surface area contributed by atoms with Crippen LogP contribution >= 0.6 is 23.7 Å². The number of para-hydroxylation sites is 2. The van der Waals surface area contributed by atoms with E-state index in [2.05, 4.69) is 25.9 Å². The number of anilines is 2. The van der Waals surface area contributed by atoms with E-state index in [-0.39, 0.29) is 34.5 Å². The van der Waals surface area contributed by atoms with Crippen LogP contribution in [0.5, 0.6) is 11.5 Å². The molecule has 1 aliphatic heterocycles. The number of rotatable bonds is 11. The first-order chi connectivity index (χ1) is 19.9. The van der Waals surface area contributed by atoms with Crippen molar-refractivity contribution < 1.29 is 22.7 Å². The van der Waals surface area contributed by atoms with E-state index in [1.54, 1.807) is 47.7 Å². The molecule has 0 radical (unpaired) electrons. The average Bonchev–Trinajstić information content (AvgIpc) is 3.43. The highest BCUT2D eigenvalue weighted by Crippen LogP contribution is 2.34. The highest BCUT2D eigenvalue weighted by Gasteiger charge is 2.22. The van der Waals surface area contributed by atoms with Gasteiger partial charge >= 0.3 is 0 Å². The van der Waals surface area contributed by atoms with E-state index in [1.165, 1.54) is 19.2 Å². The Hall–Kier alpha value is -3.58. The number of hydrogen-bond acceptors (Lipinski definition) is 9. The second-order valence-corrected chi connectivity index (χ2v) is 12.1. The summed E-state index contributed by atoms with van der Waals surface area (Å²) < 4.78 is 40.3. The summed E-state index contributed by atoms with van der Waals surface area (Å²) in [4.78, 5) is 22.5. The molecule has 5 rings (SSSR count). The van der Waals surface area contributed by atoms with E-state index in [0.29, 0.717) is 25.4 Å². The number of carbonyl (C=O) groups is 1. The number of carbonyl (C=O) groups excluding carboxylic acids is 1. The standard InChI is InChI=1S/C29H33N5O5S2.ClH/c1-3-39-25-9-6-10-26-27(25)31-29(40-26)34-19-17-33(18-20-34)16-15-30-28(35)23-7-4-5-8-24(23)32-41(36,37)22-13-11-21(38-2)12-14-22;/h4-14,32H,3,15-20H2,1-2H3,(H,30,35);1H. The van der Waals surface area contributed by atoms with Crippen LogP contribution in [-0.2, 0) is 10.0 Å². The summed E-state index contributed by atoms with van der Waals surface area (Å²) in [6, 6.07) is 18.7. The van der Waals surface area contributed by atoms with Crippen LogP contribution in [0.2, 0.25) is 0 Å². The molecule has 10 nitrogen and oxygen atoms in total. The number of aromatic nitrogens is 1. The van der Waals surface area contributed by atoms with Crippen molar-refractivity contribution in [2.75, 3.05) is 62.6 Å². The second kappa shape index (κ2) is 14.1. The van der Waals surface area contributed by atoms with Crippen molar-refractivity contribution in [1.29, 1.82) is 0 Å². The number of halogens is 1. The molecule has 2 N–H and O–H groups in total. The topological polar surface area (TPSA) is 113 Å². The Morgan fingerprint density at radius 2 is 1.74 bits per heavy atom. The summed E-state index contributed by atoms with van der Waals surface area (Å²) in [5.41, 5.74) is 1.39.